The lowest BCUT2D eigenvalue weighted by molar-refractivity contribution is 0.171. The molecule has 4 nitrogen and oxygen atoms in total. The highest BCUT2D eigenvalue weighted by Crippen LogP contribution is 2.14. The Kier molecular flexibility index (Phi) is 4.69. The van der Waals surface area contributed by atoms with E-state index in [2.05, 4.69) is 41.2 Å². The summed E-state index contributed by atoms with van der Waals surface area (Å²) in [5.74, 6) is 0.509. The molecule has 0 bridgehead atoms. The van der Waals surface area contributed by atoms with Crippen molar-refractivity contribution in [2.45, 2.75) is 26.7 Å². The van der Waals surface area contributed by atoms with Gasteiger partial charge < -0.3 is 4.74 Å². The van der Waals surface area contributed by atoms with Crippen LogP contribution in [0.4, 0.5) is 4.79 Å². The highest BCUT2D eigenvalue weighted by atomic mass is 16.5. The van der Waals surface area contributed by atoms with E-state index in [1.807, 2.05) is 19.1 Å². The van der Waals surface area contributed by atoms with E-state index in [1.165, 1.54) is 12.7 Å². The van der Waals surface area contributed by atoms with Crippen LogP contribution in [0.3, 0.4) is 0 Å². The van der Waals surface area contributed by atoms with Crippen molar-refractivity contribution in [2.24, 2.45) is 5.10 Å². The summed E-state index contributed by atoms with van der Waals surface area (Å²) in [6, 6.07) is 8.12. The smallest absolute Gasteiger partial charge is 0.427 e. The van der Waals surface area contributed by atoms with Crippen LogP contribution in [0.5, 0.6) is 0 Å². The molecule has 0 spiro atoms. The van der Waals surface area contributed by atoms with E-state index >= 15 is 0 Å². The van der Waals surface area contributed by atoms with Crippen molar-refractivity contribution in [2.75, 3.05) is 7.11 Å². The Hall–Kier alpha value is -1.84. The van der Waals surface area contributed by atoms with E-state index in [0.29, 0.717) is 5.92 Å². The molecule has 1 rings (SSSR count). The summed E-state index contributed by atoms with van der Waals surface area (Å²) in [4.78, 5) is 10.9. The van der Waals surface area contributed by atoms with Crippen molar-refractivity contribution in [3.05, 3.63) is 35.4 Å². The second kappa shape index (κ2) is 6.03. The lowest BCUT2D eigenvalue weighted by Gasteiger charge is -2.06. The Labute approximate surface area is 102 Å². The van der Waals surface area contributed by atoms with Gasteiger partial charge in [0.15, 0.2) is 0 Å². The van der Waals surface area contributed by atoms with Crippen molar-refractivity contribution in [1.29, 1.82) is 0 Å². The molecule has 0 radical (unpaired) electrons. The van der Waals surface area contributed by atoms with Gasteiger partial charge in [0, 0.05) is 0 Å². The number of benzene rings is 1. The average Bonchev–Trinajstić information content (AvgIpc) is 2.35. The molecule has 0 aliphatic heterocycles. The van der Waals surface area contributed by atoms with Crippen molar-refractivity contribution in [3.8, 4) is 0 Å². The monoisotopic (exact) mass is 234 g/mol. The number of rotatable bonds is 3. The molecular formula is C13H18N2O2. The first-order valence-electron chi connectivity index (χ1n) is 5.53. The number of carbonyl (C=O) groups excluding carboxylic acids is 1. The zero-order valence-corrected chi connectivity index (χ0v) is 10.7. The molecule has 4 heteroatoms. The molecule has 0 unspecified atom stereocenters. The fraction of sp³-hybridized carbons (Fsp3) is 0.385. The van der Waals surface area contributed by atoms with Crippen LogP contribution in [-0.4, -0.2) is 18.9 Å². The van der Waals surface area contributed by atoms with Gasteiger partial charge >= 0.3 is 6.09 Å². The highest BCUT2D eigenvalue weighted by Gasteiger charge is 2.02. The number of ether oxygens (including phenoxy) is 1. The fourth-order valence-corrected chi connectivity index (χ4v) is 1.35. The molecule has 17 heavy (non-hydrogen) atoms. The van der Waals surface area contributed by atoms with Gasteiger partial charge in [0.05, 0.1) is 12.8 Å². The summed E-state index contributed by atoms with van der Waals surface area (Å²) in [6.07, 6.45) is -0.567. The standard InChI is InChI=1S/C13H18N2O2/c1-9(2)11-5-7-12(8-6-11)10(3)14-15-13(16)17-4/h5-9H,1-4H3,(H,15,16)/b14-10-. The summed E-state index contributed by atoms with van der Waals surface area (Å²) in [5, 5.41) is 3.93. The number of nitrogens with one attached hydrogen (secondary N) is 1. The number of hydrazone groups is 1. The first-order valence-corrected chi connectivity index (χ1v) is 5.53. The van der Waals surface area contributed by atoms with Crippen molar-refractivity contribution >= 4 is 11.8 Å². The van der Waals surface area contributed by atoms with Gasteiger partial charge in [-0.05, 0) is 24.0 Å². The van der Waals surface area contributed by atoms with Crippen LogP contribution in [0.2, 0.25) is 0 Å². The highest BCUT2D eigenvalue weighted by molar-refractivity contribution is 5.99. The Balaban J connectivity index is 2.75. The molecule has 0 saturated carbocycles. The third kappa shape index (κ3) is 3.90. The molecule has 0 aliphatic rings. The number of methoxy groups -OCH3 is 1. The van der Waals surface area contributed by atoms with Gasteiger partial charge in [0.2, 0.25) is 0 Å². The van der Waals surface area contributed by atoms with Gasteiger partial charge in [-0.1, -0.05) is 38.1 Å². The summed E-state index contributed by atoms with van der Waals surface area (Å²) in [5.41, 5.74) is 5.29. The molecule has 1 amide bonds. The van der Waals surface area contributed by atoms with Crippen LogP contribution in [0.1, 0.15) is 37.8 Å². The largest absolute Gasteiger partial charge is 0.452 e. The van der Waals surface area contributed by atoms with Gasteiger partial charge in [-0.25, -0.2) is 10.2 Å². The Morgan fingerprint density at radius 1 is 1.29 bits per heavy atom. The topological polar surface area (TPSA) is 50.7 Å². The van der Waals surface area contributed by atoms with Crippen molar-refractivity contribution in [1.82, 2.24) is 5.43 Å². The zero-order chi connectivity index (χ0) is 12.8. The second-order valence-electron chi connectivity index (χ2n) is 4.08. The van der Waals surface area contributed by atoms with Crippen LogP contribution < -0.4 is 5.43 Å². The van der Waals surface area contributed by atoms with Gasteiger partial charge in [-0.15, -0.1) is 0 Å². The van der Waals surface area contributed by atoms with E-state index in [9.17, 15) is 4.79 Å². The van der Waals surface area contributed by atoms with E-state index in [4.69, 9.17) is 0 Å². The second-order valence-corrected chi connectivity index (χ2v) is 4.08. The zero-order valence-electron chi connectivity index (χ0n) is 10.7. The molecule has 0 heterocycles. The Morgan fingerprint density at radius 3 is 2.35 bits per heavy atom. The molecule has 0 saturated heterocycles. The maximum absolute atomic E-state index is 10.9. The maximum atomic E-state index is 10.9. The molecule has 1 aromatic carbocycles. The molecule has 1 aromatic rings. The molecule has 0 aliphatic carbocycles. The Morgan fingerprint density at radius 2 is 1.88 bits per heavy atom. The van der Waals surface area contributed by atoms with Crippen LogP contribution >= 0.6 is 0 Å². The number of nitrogens with zero attached hydrogens (tertiary/aromatic N) is 1. The maximum Gasteiger partial charge on any atom is 0.427 e. The van der Waals surface area contributed by atoms with E-state index < -0.39 is 6.09 Å². The predicted octanol–water partition coefficient (Wildman–Crippen LogP) is 2.89. The summed E-state index contributed by atoms with van der Waals surface area (Å²) in [7, 11) is 1.30. The molecule has 0 aromatic heterocycles. The lowest BCUT2D eigenvalue weighted by atomic mass is 10.0. The van der Waals surface area contributed by atoms with Gasteiger partial charge in [0.25, 0.3) is 0 Å². The first-order chi connectivity index (χ1) is 8.04. The Bertz CT molecular complexity index is 408. The van der Waals surface area contributed by atoms with Crippen molar-refractivity contribution in [3.63, 3.8) is 0 Å². The SMILES string of the molecule is COC(=O)N/N=C(/C)c1ccc(C(C)C)cc1. The average molecular weight is 234 g/mol. The van der Waals surface area contributed by atoms with Crippen LogP contribution in [0.25, 0.3) is 0 Å². The normalized spacial score (nSPS) is 11.5. The molecule has 1 N–H and O–H groups in total. The fourth-order valence-electron chi connectivity index (χ4n) is 1.35. The minimum absolute atomic E-state index is 0.509. The van der Waals surface area contributed by atoms with Crippen molar-refractivity contribution < 1.29 is 9.53 Å². The number of hydrogen-bond acceptors (Lipinski definition) is 3. The molecule has 0 fully saturated rings. The summed E-state index contributed by atoms with van der Waals surface area (Å²) in [6.45, 7) is 6.13. The van der Waals surface area contributed by atoms with Gasteiger partial charge in [-0.3, -0.25) is 0 Å². The summed E-state index contributed by atoms with van der Waals surface area (Å²) < 4.78 is 4.43. The quantitative estimate of drug-likeness (QED) is 0.645. The third-order valence-electron chi connectivity index (χ3n) is 2.50. The van der Waals surface area contributed by atoms with Crippen LogP contribution in [-0.2, 0) is 4.74 Å². The summed E-state index contributed by atoms with van der Waals surface area (Å²) >= 11 is 0. The minimum atomic E-state index is -0.567. The minimum Gasteiger partial charge on any atom is -0.452 e. The molecule has 92 valence electrons. The third-order valence-corrected chi connectivity index (χ3v) is 2.50. The number of amides is 1. The lowest BCUT2D eigenvalue weighted by Crippen LogP contribution is -2.18. The van der Waals surface area contributed by atoms with E-state index in [1.54, 1.807) is 0 Å². The van der Waals surface area contributed by atoms with Gasteiger partial charge in [-0.2, -0.15) is 5.10 Å². The number of carbonyl (C=O) groups is 1. The van der Waals surface area contributed by atoms with E-state index in [0.717, 1.165) is 11.3 Å². The first kappa shape index (κ1) is 13.2. The van der Waals surface area contributed by atoms with Crippen LogP contribution in [0.15, 0.2) is 29.4 Å². The van der Waals surface area contributed by atoms with E-state index in [-0.39, 0.29) is 0 Å². The van der Waals surface area contributed by atoms with Crippen LogP contribution in [0, 0.1) is 0 Å². The van der Waals surface area contributed by atoms with Gasteiger partial charge in [0.1, 0.15) is 0 Å². The molecule has 0 atom stereocenters. The predicted molar refractivity (Wildman–Crippen MR) is 68.3 cm³/mol. The number of hydrogen-bond donors (Lipinski definition) is 1. The molecular weight excluding hydrogens is 216 g/mol.